The summed E-state index contributed by atoms with van der Waals surface area (Å²) in [7, 11) is 0. The highest BCUT2D eigenvalue weighted by Gasteiger charge is 2.18. The van der Waals surface area contributed by atoms with Gasteiger partial charge in [-0.25, -0.2) is 0 Å². The first-order valence-corrected chi connectivity index (χ1v) is 31.9. The minimum absolute atomic E-state index is 0.00497. The molecule has 0 rings (SSSR count). The monoisotopic (exact) mass is 1010 g/mol. The van der Waals surface area contributed by atoms with E-state index in [1.54, 1.807) is 6.08 Å². The molecule has 3 N–H and O–H groups in total. The highest BCUT2D eigenvalue weighted by atomic mass is 16.5. The number of unbranched alkanes of at least 4 members (excludes halogenated alkanes) is 42. The van der Waals surface area contributed by atoms with E-state index in [0.29, 0.717) is 19.4 Å². The Balaban J connectivity index is 3.36. The molecule has 72 heavy (non-hydrogen) atoms. The summed E-state index contributed by atoms with van der Waals surface area (Å²) in [5.41, 5.74) is 0. The van der Waals surface area contributed by atoms with Crippen LogP contribution in [0.1, 0.15) is 335 Å². The van der Waals surface area contributed by atoms with Crippen molar-refractivity contribution in [2.24, 2.45) is 0 Å². The van der Waals surface area contributed by atoms with Crippen LogP contribution in [0.25, 0.3) is 0 Å². The molecule has 2 unspecified atom stereocenters. The number of aliphatic hydroxyl groups is 2. The third kappa shape index (κ3) is 57.1. The van der Waals surface area contributed by atoms with Gasteiger partial charge in [-0.3, -0.25) is 9.59 Å². The van der Waals surface area contributed by atoms with E-state index in [1.165, 1.54) is 257 Å². The van der Waals surface area contributed by atoms with Gasteiger partial charge in [0.15, 0.2) is 0 Å². The highest BCUT2D eigenvalue weighted by molar-refractivity contribution is 5.76. The zero-order chi connectivity index (χ0) is 52.2. The zero-order valence-corrected chi connectivity index (χ0v) is 48.2. The molecule has 0 spiro atoms. The molecule has 0 radical (unpaired) electrons. The minimum Gasteiger partial charge on any atom is -0.466 e. The van der Waals surface area contributed by atoms with Gasteiger partial charge in [0.25, 0.3) is 0 Å². The second kappa shape index (κ2) is 61.4. The number of aliphatic hydroxyl groups excluding tert-OH is 2. The summed E-state index contributed by atoms with van der Waals surface area (Å²) in [4.78, 5) is 24.4. The van der Waals surface area contributed by atoms with Crippen molar-refractivity contribution in [3.05, 3.63) is 48.6 Å². The number of allylic oxidation sites excluding steroid dienone is 7. The summed E-state index contributed by atoms with van der Waals surface area (Å²) in [6.07, 6.45) is 79.1. The van der Waals surface area contributed by atoms with E-state index >= 15 is 0 Å². The van der Waals surface area contributed by atoms with Crippen LogP contribution < -0.4 is 5.32 Å². The van der Waals surface area contributed by atoms with Crippen LogP contribution in [0, 0.1) is 0 Å². The molecule has 0 heterocycles. The summed E-state index contributed by atoms with van der Waals surface area (Å²) in [6.45, 7) is 4.84. The lowest BCUT2D eigenvalue weighted by atomic mass is 10.0. The average molecular weight is 1010 g/mol. The van der Waals surface area contributed by atoms with Gasteiger partial charge in [-0.05, 0) is 83.5 Å². The third-order valence-corrected chi connectivity index (χ3v) is 14.6. The lowest BCUT2D eigenvalue weighted by Gasteiger charge is -2.20. The molecule has 0 aromatic heterocycles. The van der Waals surface area contributed by atoms with Gasteiger partial charge in [0, 0.05) is 12.8 Å². The Kier molecular flexibility index (Phi) is 59.5. The Labute approximate surface area is 448 Å². The second-order valence-corrected chi connectivity index (χ2v) is 21.7. The quantitative estimate of drug-likeness (QED) is 0.0320. The molecule has 0 bridgehead atoms. The molecule has 0 saturated heterocycles. The maximum Gasteiger partial charge on any atom is 0.305 e. The van der Waals surface area contributed by atoms with Crippen LogP contribution in [-0.2, 0) is 14.3 Å². The number of hydrogen-bond donors (Lipinski definition) is 3. The summed E-state index contributed by atoms with van der Waals surface area (Å²) in [5, 5.41) is 23.0. The molecule has 0 fully saturated rings. The minimum atomic E-state index is -0.840. The maximum atomic E-state index is 12.4. The predicted octanol–water partition coefficient (Wildman–Crippen LogP) is 20.1. The Morgan fingerprint density at radius 3 is 1.11 bits per heavy atom. The van der Waals surface area contributed by atoms with Crippen LogP contribution in [0.3, 0.4) is 0 Å². The first kappa shape index (κ1) is 69.8. The van der Waals surface area contributed by atoms with Crippen molar-refractivity contribution in [3.8, 4) is 0 Å². The number of carbonyl (C=O) groups is 2. The molecule has 2 atom stereocenters. The fourth-order valence-corrected chi connectivity index (χ4v) is 9.65. The summed E-state index contributed by atoms with van der Waals surface area (Å²) in [5.74, 6) is -0.0630. The van der Waals surface area contributed by atoms with Gasteiger partial charge in [0.1, 0.15) is 0 Å². The van der Waals surface area contributed by atoms with E-state index in [4.69, 9.17) is 4.74 Å². The van der Waals surface area contributed by atoms with Gasteiger partial charge < -0.3 is 20.3 Å². The third-order valence-electron chi connectivity index (χ3n) is 14.6. The van der Waals surface area contributed by atoms with Gasteiger partial charge in [0.05, 0.1) is 25.4 Å². The van der Waals surface area contributed by atoms with Gasteiger partial charge in [0.2, 0.25) is 5.91 Å². The summed E-state index contributed by atoms with van der Waals surface area (Å²) in [6, 6.07) is -0.624. The van der Waals surface area contributed by atoms with E-state index in [2.05, 4.69) is 55.6 Å². The van der Waals surface area contributed by atoms with Crippen LogP contribution in [0.5, 0.6) is 0 Å². The standard InChI is InChI=1S/C66H123NO5/c1-3-5-7-9-11-13-39-44-48-52-56-60-66(71)72-61-57-53-49-45-41-38-36-34-32-30-28-26-24-22-20-18-16-14-15-17-19-21-23-25-27-29-31-33-35-37-40-43-47-51-55-59-65(70)67-63(62-68)64(69)58-54-50-46-42-12-10-8-6-4-2/h9,11,16,18,22,24,54,58,63-64,68-69H,3-8,10,12-15,17,19-21,23,25-53,55-57,59-62H2,1-2H3,(H,67,70)/b11-9-,18-16-,24-22-,58-54+. The predicted molar refractivity (Wildman–Crippen MR) is 315 cm³/mol. The largest absolute Gasteiger partial charge is 0.466 e. The van der Waals surface area contributed by atoms with Crippen molar-refractivity contribution in [3.63, 3.8) is 0 Å². The van der Waals surface area contributed by atoms with E-state index < -0.39 is 12.1 Å². The van der Waals surface area contributed by atoms with Gasteiger partial charge in [-0.2, -0.15) is 0 Å². The van der Waals surface area contributed by atoms with Gasteiger partial charge in [-0.15, -0.1) is 0 Å². The Bertz CT molecular complexity index is 1210. The Morgan fingerprint density at radius 1 is 0.389 bits per heavy atom. The molecule has 6 heteroatoms. The average Bonchev–Trinajstić information content (AvgIpc) is 3.38. The molecule has 0 aromatic carbocycles. The fraction of sp³-hybridized carbons (Fsp3) is 0.848. The summed E-state index contributed by atoms with van der Waals surface area (Å²) >= 11 is 0. The van der Waals surface area contributed by atoms with Gasteiger partial charge in [-0.1, -0.05) is 287 Å². The number of ether oxygens (including phenoxy) is 1. The number of carbonyl (C=O) groups excluding carboxylic acids is 2. The number of nitrogens with one attached hydrogen (secondary N) is 1. The molecule has 0 aliphatic carbocycles. The Morgan fingerprint density at radius 2 is 0.708 bits per heavy atom. The molecule has 0 saturated carbocycles. The molecule has 6 nitrogen and oxygen atoms in total. The van der Waals surface area contributed by atoms with Crippen molar-refractivity contribution in [1.82, 2.24) is 5.32 Å². The topological polar surface area (TPSA) is 95.9 Å². The zero-order valence-electron chi connectivity index (χ0n) is 48.2. The maximum absolute atomic E-state index is 12.4. The number of amides is 1. The number of hydrogen-bond acceptors (Lipinski definition) is 5. The van der Waals surface area contributed by atoms with Crippen LogP contribution >= 0.6 is 0 Å². The molecular weight excluding hydrogens is 887 g/mol. The number of rotatable bonds is 59. The van der Waals surface area contributed by atoms with Crippen molar-refractivity contribution in [2.75, 3.05) is 13.2 Å². The molecule has 0 aliphatic rings. The lowest BCUT2D eigenvalue weighted by molar-refractivity contribution is -0.143. The van der Waals surface area contributed by atoms with Crippen LogP contribution in [0.4, 0.5) is 0 Å². The van der Waals surface area contributed by atoms with E-state index in [0.717, 1.165) is 51.4 Å². The van der Waals surface area contributed by atoms with E-state index in [1.807, 2.05) is 6.08 Å². The van der Waals surface area contributed by atoms with Gasteiger partial charge >= 0.3 is 5.97 Å². The van der Waals surface area contributed by atoms with Crippen molar-refractivity contribution < 1.29 is 24.5 Å². The first-order valence-electron chi connectivity index (χ1n) is 31.9. The lowest BCUT2D eigenvalue weighted by Crippen LogP contribution is -2.45. The van der Waals surface area contributed by atoms with Crippen LogP contribution in [-0.4, -0.2) is 47.4 Å². The van der Waals surface area contributed by atoms with E-state index in [-0.39, 0.29) is 18.5 Å². The summed E-state index contributed by atoms with van der Waals surface area (Å²) < 4.78 is 5.46. The van der Waals surface area contributed by atoms with Crippen LogP contribution in [0.15, 0.2) is 48.6 Å². The molecule has 422 valence electrons. The fourth-order valence-electron chi connectivity index (χ4n) is 9.65. The van der Waals surface area contributed by atoms with Crippen LogP contribution in [0.2, 0.25) is 0 Å². The highest BCUT2D eigenvalue weighted by Crippen LogP contribution is 2.17. The molecule has 1 amide bonds. The molecular formula is C66H123NO5. The molecule has 0 aromatic rings. The normalized spacial score (nSPS) is 12.9. The second-order valence-electron chi connectivity index (χ2n) is 21.7. The van der Waals surface area contributed by atoms with Crippen molar-refractivity contribution >= 4 is 11.9 Å². The smallest absolute Gasteiger partial charge is 0.305 e. The number of esters is 1. The van der Waals surface area contributed by atoms with Crippen molar-refractivity contribution in [2.45, 2.75) is 347 Å². The first-order chi connectivity index (χ1) is 35.5. The SMILES string of the molecule is CCCC/C=C\CCCCCCCC(=O)OCCCCCCCCCCCCC/C=C\C/C=C\CCCCCCCCCCCCCCCCCCCC(=O)NC(CO)C(O)/C=C/CCCCCCCCC. The Hall–Kier alpha value is -2.18. The molecule has 0 aliphatic heterocycles. The van der Waals surface area contributed by atoms with Crippen molar-refractivity contribution in [1.29, 1.82) is 0 Å². The van der Waals surface area contributed by atoms with E-state index in [9.17, 15) is 19.8 Å².